The Labute approximate surface area is 708 Å². The van der Waals surface area contributed by atoms with Gasteiger partial charge in [-0.1, -0.05) is 0 Å². The van der Waals surface area contributed by atoms with Gasteiger partial charge < -0.3 is 160 Å². The molecule has 45 heteroatoms. The average Bonchev–Trinajstić information content (AvgIpc) is 1.32. The number of carbonyl (C=O) groups is 15. The first-order chi connectivity index (χ1) is 57.8. The maximum absolute atomic E-state index is 13.6. The molecule has 0 aromatic rings. The minimum atomic E-state index is -0.322. The van der Waals surface area contributed by atoms with Crippen LogP contribution < -0.4 is 126 Å². The lowest BCUT2D eigenvalue weighted by atomic mass is 10.2. The molecule has 0 aliphatic rings. The van der Waals surface area contributed by atoms with E-state index in [2.05, 4.69) is 79.8 Å². The zero-order valence-corrected chi connectivity index (χ0v) is 71.6. The Hall–Kier alpha value is -8.55. The number of carbonyl (C=O) groups excluding carboxylic acids is 15. The maximum Gasteiger partial charge on any atom is 0.221 e. The van der Waals surface area contributed by atoms with E-state index in [1.807, 2.05) is 34.3 Å². The van der Waals surface area contributed by atoms with Gasteiger partial charge in [-0.15, -0.1) is 0 Å². The summed E-state index contributed by atoms with van der Waals surface area (Å²) in [6, 6.07) is 0. The van der Waals surface area contributed by atoms with Gasteiger partial charge in [0.15, 0.2) is 0 Å². The molecule has 15 amide bonds. The number of amides is 15. The first-order valence-electron chi connectivity index (χ1n) is 42.5. The molecule has 120 heavy (non-hydrogen) atoms. The molecule has 0 saturated heterocycles. The van der Waals surface area contributed by atoms with Crippen molar-refractivity contribution in [3.8, 4) is 0 Å². The van der Waals surface area contributed by atoms with Gasteiger partial charge >= 0.3 is 0 Å². The van der Waals surface area contributed by atoms with Crippen molar-refractivity contribution in [3.05, 3.63) is 0 Å². The van der Waals surface area contributed by atoms with E-state index in [9.17, 15) is 71.9 Å². The number of hydrogen-bond donors (Lipinski definition) is 23. The summed E-state index contributed by atoms with van der Waals surface area (Å²) in [6.45, 7) is 13.7. The van der Waals surface area contributed by atoms with Crippen LogP contribution in [0.5, 0.6) is 0 Å². The molecule has 0 aliphatic heterocycles. The molecule has 692 valence electrons. The van der Waals surface area contributed by atoms with Crippen molar-refractivity contribution in [2.24, 2.45) is 45.9 Å². The quantitative estimate of drug-likeness (QED) is 0.0251. The van der Waals surface area contributed by atoms with E-state index in [4.69, 9.17) is 45.9 Å². The van der Waals surface area contributed by atoms with Crippen molar-refractivity contribution in [3.63, 3.8) is 0 Å². The number of hydrogen-bond acceptors (Lipinski definition) is 30. The Morgan fingerprint density at radius 3 is 0.408 bits per heavy atom. The van der Waals surface area contributed by atoms with Gasteiger partial charge in [-0.25, -0.2) is 0 Å². The van der Waals surface area contributed by atoms with E-state index in [0.29, 0.717) is 150 Å². The van der Waals surface area contributed by atoms with Crippen molar-refractivity contribution in [1.82, 2.24) is 114 Å². The molecule has 0 aliphatic carbocycles. The Morgan fingerprint density at radius 1 is 0.158 bits per heavy atom. The van der Waals surface area contributed by atoms with Crippen LogP contribution in [0.3, 0.4) is 0 Å². The topological polar surface area (TPSA) is 667 Å². The third-order valence-corrected chi connectivity index (χ3v) is 18.4. The second kappa shape index (κ2) is 76.6. The van der Waals surface area contributed by atoms with Gasteiger partial charge in [-0.3, -0.25) is 71.9 Å². The molecule has 0 radical (unpaired) electrons. The van der Waals surface area contributed by atoms with Gasteiger partial charge in [0, 0.05) is 378 Å². The Balaban J connectivity index is 6.34. The summed E-state index contributed by atoms with van der Waals surface area (Å²) in [7, 11) is 0. The highest BCUT2D eigenvalue weighted by atomic mass is 16.2. The van der Waals surface area contributed by atoms with E-state index >= 15 is 0 Å². The SMILES string of the molecule is CC(=O)NCCN(CCC(=O)NCCCN(CCC(=O)NCCN(CCC(=O)NCCN)CCC(=O)NCCN)CCC(=O)NCCN(CCC(=O)NCCN)CCC(=O)NCCN)CCC(=O)NCCN(CCC(=O)NCCN(CCC(=O)NCCN)CCC(=O)NCCN)CCC(=O)NCCN(CCC(=O)NCCN)CCC(=O)NCCN. The standard InChI is InChI=1S/C75H152N30O15/c1-61(106)84-34-55-100(52-14-73(118)96-39-60-105(53-15-74(119)97-37-58-103(48-10-67(112)90-30-21-80)49-11-68(113)91-31-22-81)54-16-75(120)98-38-59-104(50-12-69(114)92-32-23-82)51-13-70(115)93-33-24-83)43-5-62(107)85-25-2-40-99(41-3-71(116)94-35-56-101(44-6-63(108)86-26-17-76)45-7-64(109)87-27-18-77)42-4-72(117)95-36-57-102(46-8-65(110)88-28-19-78)47-9-66(111)89-29-20-79/h2-60,76-83H2,1H3,(H,84,106)(H,85,107)(H,86,108)(H,87,109)(H,88,110)(H,89,111)(H,90,112)(H,91,113)(H,92,114)(H,93,115)(H,94,116)(H,95,117)(H,96,118)(H,97,119)(H,98,120). The van der Waals surface area contributed by atoms with Crippen LogP contribution in [0.15, 0.2) is 0 Å². The van der Waals surface area contributed by atoms with Crippen LogP contribution in [0.4, 0.5) is 0 Å². The van der Waals surface area contributed by atoms with E-state index in [1.165, 1.54) is 6.92 Å². The fourth-order valence-corrected chi connectivity index (χ4v) is 11.6. The molecule has 0 bridgehead atoms. The lowest BCUT2D eigenvalue weighted by Crippen LogP contribution is -2.42. The van der Waals surface area contributed by atoms with Gasteiger partial charge in [-0.2, -0.15) is 0 Å². The summed E-state index contributed by atoms with van der Waals surface area (Å²) < 4.78 is 0. The second-order valence-electron chi connectivity index (χ2n) is 28.4. The highest BCUT2D eigenvalue weighted by Gasteiger charge is 2.21. The van der Waals surface area contributed by atoms with Crippen LogP contribution in [0.2, 0.25) is 0 Å². The lowest BCUT2D eigenvalue weighted by molar-refractivity contribution is -0.123. The molecule has 0 aromatic carbocycles. The summed E-state index contributed by atoms with van der Waals surface area (Å²) in [5, 5.41) is 42.2. The zero-order valence-electron chi connectivity index (χ0n) is 71.6. The number of rotatable bonds is 80. The number of nitrogens with one attached hydrogen (secondary N) is 15. The van der Waals surface area contributed by atoms with Crippen molar-refractivity contribution < 1.29 is 71.9 Å². The van der Waals surface area contributed by atoms with Crippen molar-refractivity contribution >= 4 is 88.6 Å². The number of nitrogens with zero attached hydrogens (tertiary/aromatic N) is 7. The second-order valence-corrected chi connectivity index (χ2v) is 28.4. The van der Waals surface area contributed by atoms with Gasteiger partial charge in [0.25, 0.3) is 0 Å². The molecule has 45 nitrogen and oxygen atoms in total. The maximum atomic E-state index is 13.6. The Bertz CT molecular complexity index is 2640. The highest BCUT2D eigenvalue weighted by molar-refractivity contribution is 5.81. The number of nitrogens with two attached hydrogens (primary N) is 8. The summed E-state index contributed by atoms with van der Waals surface area (Å²) in [6.07, 6.45) is 1.77. The molecule has 0 rings (SSSR count). The van der Waals surface area contributed by atoms with Gasteiger partial charge in [0.2, 0.25) is 88.6 Å². The molecular weight excluding hydrogens is 1560 g/mol. The minimum Gasteiger partial charge on any atom is -0.356 e. The molecule has 0 heterocycles. The highest BCUT2D eigenvalue weighted by Crippen LogP contribution is 2.05. The van der Waals surface area contributed by atoms with E-state index in [1.54, 1.807) is 0 Å². The van der Waals surface area contributed by atoms with Crippen LogP contribution in [0.1, 0.15) is 103 Å². The van der Waals surface area contributed by atoms with Crippen molar-refractivity contribution in [2.45, 2.75) is 103 Å². The van der Waals surface area contributed by atoms with Crippen LogP contribution in [0.25, 0.3) is 0 Å². The fraction of sp³-hybridized carbons (Fsp3) is 0.800. The van der Waals surface area contributed by atoms with Crippen LogP contribution in [0, 0.1) is 0 Å². The fourth-order valence-electron chi connectivity index (χ4n) is 11.6. The predicted octanol–water partition coefficient (Wildman–Crippen LogP) is -12.6. The molecule has 0 atom stereocenters. The first kappa shape index (κ1) is 111. The van der Waals surface area contributed by atoms with E-state index in [-0.39, 0.29) is 322 Å². The Morgan fingerprint density at radius 2 is 0.275 bits per heavy atom. The van der Waals surface area contributed by atoms with Crippen LogP contribution in [-0.4, -0.2) is 411 Å². The predicted molar refractivity (Wildman–Crippen MR) is 458 cm³/mol. The van der Waals surface area contributed by atoms with E-state index in [0.717, 1.165) is 0 Å². The van der Waals surface area contributed by atoms with Gasteiger partial charge in [0.1, 0.15) is 0 Å². The molecule has 0 aromatic heterocycles. The first-order valence-corrected chi connectivity index (χ1v) is 42.5. The third kappa shape index (κ3) is 69.1. The monoisotopic (exact) mass is 1710 g/mol. The normalized spacial score (nSPS) is 11.2. The summed E-state index contributed by atoms with van der Waals surface area (Å²) in [5.41, 5.74) is 44.4. The van der Waals surface area contributed by atoms with Crippen molar-refractivity contribution in [2.75, 3.05) is 288 Å². The van der Waals surface area contributed by atoms with E-state index < -0.39 is 0 Å². The Kier molecular flexibility index (Phi) is 71.1. The summed E-state index contributed by atoms with van der Waals surface area (Å²) >= 11 is 0. The minimum absolute atomic E-state index is 0.00893. The van der Waals surface area contributed by atoms with Crippen molar-refractivity contribution in [1.29, 1.82) is 0 Å². The van der Waals surface area contributed by atoms with Gasteiger partial charge in [0.05, 0.1) is 0 Å². The molecular formula is C75H152N30O15. The van der Waals surface area contributed by atoms with Gasteiger partial charge in [-0.05, 0) is 13.0 Å². The molecule has 0 spiro atoms. The van der Waals surface area contributed by atoms with Crippen LogP contribution in [-0.2, 0) is 71.9 Å². The molecule has 0 fully saturated rings. The summed E-state index contributed by atoms with van der Waals surface area (Å²) in [4.78, 5) is 206. The molecule has 31 N–H and O–H groups in total. The average molecular weight is 1710 g/mol. The van der Waals surface area contributed by atoms with Crippen LogP contribution >= 0.6 is 0 Å². The zero-order chi connectivity index (χ0) is 89.0. The lowest BCUT2D eigenvalue weighted by Gasteiger charge is -2.24. The largest absolute Gasteiger partial charge is 0.356 e. The molecule has 0 saturated carbocycles. The smallest absolute Gasteiger partial charge is 0.221 e. The molecule has 0 unspecified atom stereocenters. The summed E-state index contributed by atoms with van der Waals surface area (Å²) in [5.74, 6) is -3.67. The third-order valence-electron chi connectivity index (χ3n) is 18.4.